The Morgan fingerprint density at radius 1 is 1.42 bits per heavy atom. The first-order valence-corrected chi connectivity index (χ1v) is 5.95. The lowest BCUT2D eigenvalue weighted by Crippen LogP contribution is -2.40. The molecule has 1 heterocycles. The van der Waals surface area contributed by atoms with Crippen LogP contribution in [0.2, 0.25) is 0 Å². The molecule has 1 aromatic rings. The van der Waals surface area contributed by atoms with Gasteiger partial charge in [-0.3, -0.25) is 4.79 Å². The van der Waals surface area contributed by atoms with Crippen molar-refractivity contribution in [2.24, 2.45) is 0 Å². The molecule has 102 valence electrons. The Morgan fingerprint density at radius 3 is 2.74 bits per heavy atom. The molecule has 0 aromatic heterocycles. The van der Waals surface area contributed by atoms with Gasteiger partial charge >= 0.3 is 5.97 Å². The molecule has 1 aromatic carbocycles. The van der Waals surface area contributed by atoms with Crippen molar-refractivity contribution < 1.29 is 24.5 Å². The summed E-state index contributed by atoms with van der Waals surface area (Å²) in [5.41, 5.74) is 0.0916. The van der Waals surface area contributed by atoms with E-state index in [2.05, 4.69) is 0 Å². The van der Waals surface area contributed by atoms with Crippen LogP contribution in [-0.4, -0.2) is 46.7 Å². The lowest BCUT2D eigenvalue weighted by atomic mass is 10.1. The normalized spacial score (nSPS) is 18.4. The van der Waals surface area contributed by atoms with Gasteiger partial charge in [0.25, 0.3) is 5.91 Å². The van der Waals surface area contributed by atoms with Gasteiger partial charge < -0.3 is 19.8 Å². The van der Waals surface area contributed by atoms with Crippen LogP contribution in [0.4, 0.5) is 0 Å². The number of aliphatic carboxylic acids is 1. The second-order valence-electron chi connectivity index (χ2n) is 4.38. The maximum absolute atomic E-state index is 12.2. The number of aromatic hydroxyl groups is 1. The van der Waals surface area contributed by atoms with Gasteiger partial charge in [0.15, 0.2) is 0 Å². The number of rotatable bonds is 3. The number of benzene rings is 1. The zero-order chi connectivity index (χ0) is 14.0. The van der Waals surface area contributed by atoms with Gasteiger partial charge in [0.05, 0.1) is 12.7 Å². The molecule has 1 saturated heterocycles. The summed E-state index contributed by atoms with van der Waals surface area (Å²) in [6.45, 7) is 0.390. The zero-order valence-corrected chi connectivity index (χ0v) is 10.5. The van der Waals surface area contributed by atoms with Crippen LogP contribution in [0.5, 0.6) is 11.5 Å². The van der Waals surface area contributed by atoms with E-state index in [1.165, 1.54) is 24.1 Å². The van der Waals surface area contributed by atoms with E-state index in [-0.39, 0.29) is 11.3 Å². The summed E-state index contributed by atoms with van der Waals surface area (Å²) in [6.07, 6.45) is 1.09. The fourth-order valence-corrected chi connectivity index (χ4v) is 2.24. The Balaban J connectivity index is 2.26. The fourth-order valence-electron chi connectivity index (χ4n) is 2.24. The lowest BCUT2D eigenvalue weighted by Gasteiger charge is -2.21. The first kappa shape index (κ1) is 13.2. The SMILES string of the molecule is COc1ccc(C(=O)N2CCC[C@H]2C(=O)O)c(O)c1. The van der Waals surface area contributed by atoms with E-state index in [1.54, 1.807) is 6.07 Å². The molecule has 6 heteroatoms. The number of phenolic OH excluding ortho intramolecular Hbond substituents is 1. The molecule has 1 aliphatic heterocycles. The molecule has 2 N–H and O–H groups in total. The Hall–Kier alpha value is -2.24. The molecule has 0 saturated carbocycles. The van der Waals surface area contributed by atoms with E-state index < -0.39 is 17.9 Å². The predicted octanol–water partition coefficient (Wildman–Crippen LogP) is 1.09. The number of carbonyl (C=O) groups is 2. The molecule has 6 nitrogen and oxygen atoms in total. The number of phenols is 1. The summed E-state index contributed by atoms with van der Waals surface area (Å²) in [5.74, 6) is -1.26. The molecule has 1 fully saturated rings. The highest BCUT2D eigenvalue weighted by atomic mass is 16.5. The Labute approximate surface area is 110 Å². The van der Waals surface area contributed by atoms with Gasteiger partial charge in [-0.1, -0.05) is 0 Å². The van der Waals surface area contributed by atoms with Gasteiger partial charge in [-0.15, -0.1) is 0 Å². The summed E-state index contributed by atoms with van der Waals surface area (Å²) in [5, 5.41) is 18.9. The van der Waals surface area contributed by atoms with E-state index in [1.807, 2.05) is 0 Å². The molecule has 1 aliphatic rings. The molecule has 0 unspecified atom stereocenters. The number of likely N-dealkylation sites (tertiary alicyclic amines) is 1. The van der Waals surface area contributed by atoms with Crippen molar-refractivity contribution in [1.82, 2.24) is 4.90 Å². The van der Waals surface area contributed by atoms with Crippen molar-refractivity contribution >= 4 is 11.9 Å². The first-order chi connectivity index (χ1) is 9.04. The molecule has 1 amide bonds. The second-order valence-corrected chi connectivity index (χ2v) is 4.38. The van der Waals surface area contributed by atoms with Crippen LogP contribution in [-0.2, 0) is 4.79 Å². The van der Waals surface area contributed by atoms with Crippen molar-refractivity contribution in [1.29, 1.82) is 0 Å². The molecule has 19 heavy (non-hydrogen) atoms. The molecule has 2 rings (SSSR count). The minimum atomic E-state index is -1.01. The summed E-state index contributed by atoms with van der Waals surface area (Å²) in [4.78, 5) is 24.6. The zero-order valence-electron chi connectivity index (χ0n) is 10.5. The van der Waals surface area contributed by atoms with Crippen molar-refractivity contribution in [3.05, 3.63) is 23.8 Å². The molecule has 0 radical (unpaired) electrons. The third-order valence-corrected chi connectivity index (χ3v) is 3.23. The van der Waals surface area contributed by atoms with E-state index in [9.17, 15) is 14.7 Å². The first-order valence-electron chi connectivity index (χ1n) is 5.95. The monoisotopic (exact) mass is 265 g/mol. The Kier molecular flexibility index (Phi) is 3.59. The number of carboxylic acid groups (broad SMARTS) is 1. The van der Waals surface area contributed by atoms with Crippen molar-refractivity contribution in [3.8, 4) is 11.5 Å². The van der Waals surface area contributed by atoms with Crippen molar-refractivity contribution in [3.63, 3.8) is 0 Å². The van der Waals surface area contributed by atoms with Gasteiger partial charge in [-0.2, -0.15) is 0 Å². The van der Waals surface area contributed by atoms with E-state index in [4.69, 9.17) is 9.84 Å². The summed E-state index contributed by atoms with van der Waals surface area (Å²) in [6, 6.07) is 3.51. The average molecular weight is 265 g/mol. The molecule has 0 spiro atoms. The third-order valence-electron chi connectivity index (χ3n) is 3.23. The number of hydrogen-bond acceptors (Lipinski definition) is 4. The van der Waals surface area contributed by atoms with Gasteiger partial charge in [0.1, 0.15) is 17.5 Å². The topological polar surface area (TPSA) is 87.1 Å². The van der Waals surface area contributed by atoms with Crippen LogP contribution in [0.25, 0.3) is 0 Å². The predicted molar refractivity (Wildman–Crippen MR) is 66.4 cm³/mol. The smallest absolute Gasteiger partial charge is 0.326 e. The van der Waals surface area contributed by atoms with Gasteiger partial charge in [0, 0.05) is 12.6 Å². The summed E-state index contributed by atoms with van der Waals surface area (Å²) < 4.78 is 4.94. The number of amides is 1. The molecule has 0 aliphatic carbocycles. The minimum absolute atomic E-state index is 0.0916. The third kappa shape index (κ3) is 2.47. The standard InChI is InChI=1S/C13H15NO5/c1-19-8-4-5-9(11(15)7-8)12(16)14-6-2-3-10(14)13(17)18/h4-5,7,10,15H,2-3,6H2,1H3,(H,17,18)/t10-/m0/s1. The van der Waals surface area contributed by atoms with Gasteiger partial charge in [0.2, 0.25) is 0 Å². The minimum Gasteiger partial charge on any atom is -0.507 e. The van der Waals surface area contributed by atoms with Gasteiger partial charge in [-0.25, -0.2) is 4.79 Å². The van der Waals surface area contributed by atoms with Crippen LogP contribution in [0, 0.1) is 0 Å². The quantitative estimate of drug-likeness (QED) is 0.854. The van der Waals surface area contributed by atoms with E-state index in [0.29, 0.717) is 25.1 Å². The number of methoxy groups -OCH3 is 1. The van der Waals surface area contributed by atoms with Gasteiger partial charge in [-0.05, 0) is 25.0 Å². The molecular weight excluding hydrogens is 250 g/mol. The van der Waals surface area contributed by atoms with Crippen LogP contribution in [0.3, 0.4) is 0 Å². The number of ether oxygens (including phenoxy) is 1. The van der Waals surface area contributed by atoms with Crippen LogP contribution in [0.15, 0.2) is 18.2 Å². The number of carboxylic acids is 1. The Morgan fingerprint density at radius 2 is 2.16 bits per heavy atom. The van der Waals surface area contributed by atoms with E-state index >= 15 is 0 Å². The highest BCUT2D eigenvalue weighted by molar-refractivity contribution is 5.99. The fraction of sp³-hybridized carbons (Fsp3) is 0.385. The average Bonchev–Trinajstić information content (AvgIpc) is 2.87. The summed E-state index contributed by atoms with van der Waals surface area (Å²) in [7, 11) is 1.46. The van der Waals surface area contributed by atoms with Crippen molar-refractivity contribution in [2.75, 3.05) is 13.7 Å². The van der Waals surface area contributed by atoms with E-state index in [0.717, 1.165) is 0 Å². The maximum atomic E-state index is 12.2. The highest BCUT2D eigenvalue weighted by Crippen LogP contribution is 2.27. The van der Waals surface area contributed by atoms with Crippen LogP contribution < -0.4 is 4.74 Å². The maximum Gasteiger partial charge on any atom is 0.326 e. The second kappa shape index (κ2) is 5.17. The number of carbonyl (C=O) groups excluding carboxylic acids is 1. The Bertz CT molecular complexity index is 514. The van der Waals surface area contributed by atoms with Crippen LogP contribution >= 0.6 is 0 Å². The van der Waals surface area contributed by atoms with Crippen molar-refractivity contribution in [2.45, 2.75) is 18.9 Å². The molecule has 0 bridgehead atoms. The molecule has 1 atom stereocenters. The highest BCUT2D eigenvalue weighted by Gasteiger charge is 2.35. The largest absolute Gasteiger partial charge is 0.507 e. The molecular formula is C13H15NO5. The lowest BCUT2D eigenvalue weighted by molar-refractivity contribution is -0.141. The summed E-state index contributed by atoms with van der Waals surface area (Å²) >= 11 is 0. The van der Waals surface area contributed by atoms with Crippen LogP contribution in [0.1, 0.15) is 23.2 Å². The number of nitrogens with zero attached hydrogens (tertiary/aromatic N) is 1. The number of hydrogen-bond donors (Lipinski definition) is 2.